The molecular formula is C14H12N4O3. The Balaban J connectivity index is 1.95. The summed E-state index contributed by atoms with van der Waals surface area (Å²) in [4.78, 5) is 26.7. The molecule has 106 valence electrons. The molecule has 0 aliphatic heterocycles. The molecule has 2 rings (SSSR count). The van der Waals surface area contributed by atoms with E-state index in [1.54, 1.807) is 24.3 Å². The third kappa shape index (κ3) is 3.95. The van der Waals surface area contributed by atoms with Gasteiger partial charge in [0.05, 0.1) is 17.5 Å². The first-order valence-corrected chi connectivity index (χ1v) is 5.99. The van der Waals surface area contributed by atoms with E-state index < -0.39 is 5.91 Å². The highest BCUT2D eigenvalue weighted by Gasteiger charge is 2.04. The van der Waals surface area contributed by atoms with Crippen LogP contribution in [-0.2, 0) is 0 Å². The van der Waals surface area contributed by atoms with Crippen LogP contribution in [0.3, 0.4) is 0 Å². The summed E-state index contributed by atoms with van der Waals surface area (Å²) in [5, 5.41) is 12.2. The lowest BCUT2D eigenvalue weighted by Crippen LogP contribution is -2.19. The van der Waals surface area contributed by atoms with Gasteiger partial charge in [0.15, 0.2) is 0 Å². The summed E-state index contributed by atoms with van der Waals surface area (Å²) in [6, 6.07) is 11.7. The fourth-order valence-corrected chi connectivity index (χ4v) is 1.49. The zero-order chi connectivity index (χ0) is 15.1. The summed E-state index contributed by atoms with van der Waals surface area (Å²) < 4.78 is 0. The first kappa shape index (κ1) is 14.4. The van der Waals surface area contributed by atoms with Crippen LogP contribution in [0.2, 0.25) is 0 Å². The Bertz CT molecular complexity index is 654. The lowest BCUT2D eigenvalue weighted by atomic mass is 10.2. The van der Waals surface area contributed by atoms with Crippen molar-refractivity contribution in [3.63, 3.8) is 0 Å². The molecule has 0 unspecified atom stereocenters. The number of carbonyl (C=O) groups is 2. The van der Waals surface area contributed by atoms with Gasteiger partial charge < -0.3 is 0 Å². The van der Waals surface area contributed by atoms with Crippen LogP contribution in [0.25, 0.3) is 0 Å². The average Bonchev–Trinajstić information content (AvgIpc) is 2.55. The van der Waals surface area contributed by atoms with Gasteiger partial charge >= 0.3 is 0 Å². The van der Waals surface area contributed by atoms with E-state index in [0.717, 1.165) is 0 Å². The monoisotopic (exact) mass is 284 g/mol. The highest BCUT2D eigenvalue weighted by Crippen LogP contribution is 1.99. The summed E-state index contributed by atoms with van der Waals surface area (Å²) >= 11 is 0. The van der Waals surface area contributed by atoms with Crippen LogP contribution in [0.15, 0.2) is 53.8 Å². The Morgan fingerprint density at radius 3 is 2.43 bits per heavy atom. The van der Waals surface area contributed by atoms with E-state index >= 15 is 0 Å². The fraction of sp³-hybridized carbons (Fsp3) is 0. The van der Waals surface area contributed by atoms with Crippen molar-refractivity contribution in [2.75, 3.05) is 0 Å². The zero-order valence-electron chi connectivity index (χ0n) is 10.9. The normalized spacial score (nSPS) is 10.3. The summed E-state index contributed by atoms with van der Waals surface area (Å²) in [5.41, 5.74) is 5.04. The molecule has 0 aliphatic carbocycles. The Kier molecular flexibility index (Phi) is 4.73. The Morgan fingerprint density at radius 1 is 1.05 bits per heavy atom. The second kappa shape index (κ2) is 6.92. The molecule has 3 N–H and O–H groups in total. The molecule has 0 saturated carbocycles. The molecule has 0 saturated heterocycles. The quantitative estimate of drug-likeness (QED) is 0.442. The molecule has 0 atom stereocenters. The van der Waals surface area contributed by atoms with E-state index in [-0.39, 0.29) is 11.5 Å². The maximum absolute atomic E-state index is 11.7. The van der Waals surface area contributed by atoms with Crippen molar-refractivity contribution < 1.29 is 14.8 Å². The van der Waals surface area contributed by atoms with Crippen LogP contribution in [0.5, 0.6) is 0 Å². The number of rotatable bonds is 4. The first-order chi connectivity index (χ1) is 10.2. The number of pyridine rings is 1. The fourth-order valence-electron chi connectivity index (χ4n) is 1.49. The Labute approximate surface area is 120 Å². The third-order valence-electron chi connectivity index (χ3n) is 2.55. The van der Waals surface area contributed by atoms with Crippen molar-refractivity contribution in [3.05, 3.63) is 65.5 Å². The van der Waals surface area contributed by atoms with E-state index in [1.165, 1.54) is 30.0 Å². The highest BCUT2D eigenvalue weighted by molar-refractivity contribution is 5.95. The highest BCUT2D eigenvalue weighted by atomic mass is 16.5. The summed E-state index contributed by atoms with van der Waals surface area (Å²) in [7, 11) is 0. The molecule has 2 amide bonds. The maximum atomic E-state index is 11.7. The zero-order valence-corrected chi connectivity index (χ0v) is 10.9. The number of hydrogen-bond donors (Lipinski definition) is 3. The predicted octanol–water partition coefficient (Wildman–Crippen LogP) is 0.965. The smallest absolute Gasteiger partial charge is 0.276 e. The minimum Gasteiger partial charge on any atom is -0.288 e. The second-order valence-corrected chi connectivity index (χ2v) is 3.98. The van der Waals surface area contributed by atoms with Gasteiger partial charge in [0.25, 0.3) is 11.8 Å². The number of amides is 2. The number of hydrazone groups is 1. The van der Waals surface area contributed by atoms with E-state index in [1.807, 2.05) is 6.07 Å². The van der Waals surface area contributed by atoms with Gasteiger partial charge in [-0.1, -0.05) is 18.2 Å². The lowest BCUT2D eigenvalue weighted by Gasteiger charge is -1.99. The molecule has 0 bridgehead atoms. The molecule has 0 aliphatic rings. The van der Waals surface area contributed by atoms with Gasteiger partial charge in [-0.15, -0.1) is 0 Å². The number of hydroxylamine groups is 1. The standard InChI is InChI=1S/C14H12N4O3/c19-13(10-4-2-1-3-5-10)17-16-9-12-7-6-11(8-15-12)14(20)18-21/h1-9,21H,(H,17,19)(H,18,20)/b16-9+. The van der Waals surface area contributed by atoms with E-state index in [0.29, 0.717) is 11.3 Å². The van der Waals surface area contributed by atoms with Crippen molar-refractivity contribution in [2.45, 2.75) is 0 Å². The summed E-state index contributed by atoms with van der Waals surface area (Å²) in [5.74, 6) is -0.980. The molecule has 0 radical (unpaired) electrons. The van der Waals surface area contributed by atoms with Crippen molar-refractivity contribution in [3.8, 4) is 0 Å². The second-order valence-electron chi connectivity index (χ2n) is 3.98. The molecule has 0 fully saturated rings. The molecule has 0 spiro atoms. The number of aromatic nitrogens is 1. The van der Waals surface area contributed by atoms with Crippen molar-refractivity contribution in [2.24, 2.45) is 5.10 Å². The van der Waals surface area contributed by atoms with Gasteiger partial charge in [0.1, 0.15) is 0 Å². The van der Waals surface area contributed by atoms with Crippen LogP contribution in [0.1, 0.15) is 26.4 Å². The number of nitrogens with one attached hydrogen (secondary N) is 2. The van der Waals surface area contributed by atoms with Crippen molar-refractivity contribution in [1.29, 1.82) is 0 Å². The molecule has 7 heteroatoms. The van der Waals surface area contributed by atoms with Crippen LogP contribution >= 0.6 is 0 Å². The van der Waals surface area contributed by atoms with Crippen LogP contribution < -0.4 is 10.9 Å². The Morgan fingerprint density at radius 2 is 1.81 bits per heavy atom. The molecule has 1 aromatic carbocycles. The topological polar surface area (TPSA) is 104 Å². The van der Waals surface area contributed by atoms with Crippen LogP contribution in [0, 0.1) is 0 Å². The minimum absolute atomic E-state index is 0.211. The molecule has 21 heavy (non-hydrogen) atoms. The Hall–Kier alpha value is -3.06. The van der Waals surface area contributed by atoms with Gasteiger partial charge in [0, 0.05) is 11.8 Å². The van der Waals surface area contributed by atoms with Crippen LogP contribution in [0.4, 0.5) is 0 Å². The molecule has 2 aromatic rings. The lowest BCUT2D eigenvalue weighted by molar-refractivity contribution is 0.0706. The van der Waals surface area contributed by atoms with E-state index in [2.05, 4.69) is 15.5 Å². The summed E-state index contributed by atoms with van der Waals surface area (Å²) in [6.45, 7) is 0. The third-order valence-corrected chi connectivity index (χ3v) is 2.55. The van der Waals surface area contributed by atoms with E-state index in [4.69, 9.17) is 5.21 Å². The average molecular weight is 284 g/mol. The number of hydrogen-bond acceptors (Lipinski definition) is 5. The van der Waals surface area contributed by atoms with Gasteiger partial charge in [-0.3, -0.25) is 19.8 Å². The molecular weight excluding hydrogens is 272 g/mol. The van der Waals surface area contributed by atoms with Gasteiger partial charge in [-0.2, -0.15) is 5.10 Å². The molecule has 1 heterocycles. The van der Waals surface area contributed by atoms with Crippen molar-refractivity contribution in [1.82, 2.24) is 15.9 Å². The van der Waals surface area contributed by atoms with Crippen LogP contribution in [-0.4, -0.2) is 28.2 Å². The number of benzene rings is 1. The van der Waals surface area contributed by atoms with Gasteiger partial charge in [-0.25, -0.2) is 10.9 Å². The predicted molar refractivity (Wildman–Crippen MR) is 75.0 cm³/mol. The van der Waals surface area contributed by atoms with Crippen molar-refractivity contribution >= 4 is 18.0 Å². The molecule has 7 nitrogen and oxygen atoms in total. The van der Waals surface area contributed by atoms with Gasteiger partial charge in [-0.05, 0) is 24.3 Å². The van der Waals surface area contributed by atoms with E-state index in [9.17, 15) is 9.59 Å². The molecule has 1 aromatic heterocycles. The number of nitrogens with zero attached hydrogens (tertiary/aromatic N) is 2. The first-order valence-electron chi connectivity index (χ1n) is 5.99. The minimum atomic E-state index is -0.650. The van der Waals surface area contributed by atoms with Gasteiger partial charge in [0.2, 0.25) is 0 Å². The maximum Gasteiger partial charge on any atom is 0.276 e. The SMILES string of the molecule is O=C(NO)c1ccc(/C=N/NC(=O)c2ccccc2)nc1. The summed E-state index contributed by atoms with van der Waals surface area (Å²) in [6.07, 6.45) is 2.63. The largest absolute Gasteiger partial charge is 0.288 e. The number of carbonyl (C=O) groups excluding carboxylic acids is 2.